The van der Waals surface area contributed by atoms with Crippen LogP contribution in [0.25, 0.3) is 0 Å². The first-order valence-corrected chi connectivity index (χ1v) is 7.02. The highest BCUT2D eigenvalue weighted by atomic mass is 32.2. The van der Waals surface area contributed by atoms with Crippen molar-refractivity contribution >= 4 is 10.0 Å². The lowest BCUT2D eigenvalue weighted by atomic mass is 10.1. The van der Waals surface area contributed by atoms with Crippen molar-refractivity contribution in [2.45, 2.75) is 31.2 Å². The van der Waals surface area contributed by atoms with Gasteiger partial charge in [-0.05, 0) is 32.9 Å². The lowest BCUT2D eigenvalue weighted by Gasteiger charge is -2.34. The van der Waals surface area contributed by atoms with Gasteiger partial charge in [0.25, 0.3) is 0 Å². The molecule has 0 unspecified atom stereocenters. The summed E-state index contributed by atoms with van der Waals surface area (Å²) in [7, 11) is -3.47. The van der Waals surface area contributed by atoms with E-state index in [9.17, 15) is 8.42 Å². The van der Waals surface area contributed by atoms with E-state index in [4.69, 9.17) is 5.73 Å². The van der Waals surface area contributed by atoms with Crippen molar-refractivity contribution in [1.82, 2.24) is 4.31 Å². The maximum atomic E-state index is 12.4. The van der Waals surface area contributed by atoms with Crippen molar-refractivity contribution in [3.8, 4) is 0 Å². The topological polar surface area (TPSA) is 63.4 Å². The Morgan fingerprint density at radius 3 is 2.12 bits per heavy atom. The van der Waals surface area contributed by atoms with E-state index in [1.54, 1.807) is 30.3 Å². The van der Waals surface area contributed by atoms with Crippen LogP contribution >= 0.6 is 0 Å². The third-order valence-electron chi connectivity index (χ3n) is 2.41. The molecule has 1 aromatic rings. The lowest BCUT2D eigenvalue weighted by molar-refractivity contribution is 0.255. The van der Waals surface area contributed by atoms with E-state index in [0.717, 1.165) is 0 Å². The van der Waals surface area contributed by atoms with Gasteiger partial charge in [0.15, 0.2) is 0 Å². The van der Waals surface area contributed by atoms with Crippen LogP contribution in [-0.4, -0.2) is 31.4 Å². The number of benzene rings is 1. The zero-order valence-electron chi connectivity index (χ0n) is 10.6. The fourth-order valence-electron chi connectivity index (χ4n) is 1.65. The maximum absolute atomic E-state index is 12.4. The molecule has 0 saturated carbocycles. The second kappa shape index (κ2) is 5.16. The molecule has 0 aliphatic rings. The predicted molar refractivity (Wildman–Crippen MR) is 69.1 cm³/mol. The molecule has 0 bridgehead atoms. The molecule has 0 amide bonds. The molecule has 0 atom stereocenters. The van der Waals surface area contributed by atoms with Crippen LogP contribution in [0, 0.1) is 0 Å². The number of hydrogen-bond donors (Lipinski definition) is 1. The third kappa shape index (κ3) is 3.28. The molecule has 1 rings (SSSR count). The van der Waals surface area contributed by atoms with Crippen LogP contribution in [0.2, 0.25) is 0 Å². The second-order valence-electron chi connectivity index (χ2n) is 4.85. The zero-order chi connectivity index (χ0) is 13.1. The van der Waals surface area contributed by atoms with Crippen LogP contribution in [0.15, 0.2) is 35.2 Å². The number of nitrogens with zero attached hydrogens (tertiary/aromatic N) is 1. The molecule has 0 saturated heterocycles. The first-order valence-electron chi connectivity index (χ1n) is 5.58. The Kier molecular flexibility index (Phi) is 4.30. The standard InChI is InChI=1S/C12H20N2O2S/c1-12(2,3)14(10-9-13)17(15,16)11-7-5-4-6-8-11/h4-8H,9-10,13H2,1-3H3. The molecule has 0 aliphatic heterocycles. The largest absolute Gasteiger partial charge is 0.329 e. The monoisotopic (exact) mass is 256 g/mol. The van der Waals surface area contributed by atoms with Crippen molar-refractivity contribution in [2.75, 3.05) is 13.1 Å². The smallest absolute Gasteiger partial charge is 0.243 e. The first kappa shape index (κ1) is 14.2. The molecule has 0 radical (unpaired) electrons. The molecule has 0 aromatic heterocycles. The summed E-state index contributed by atoms with van der Waals surface area (Å²) in [5.41, 5.74) is 5.02. The highest BCUT2D eigenvalue weighted by Gasteiger charge is 2.32. The Bertz CT molecular complexity index is 449. The van der Waals surface area contributed by atoms with Crippen molar-refractivity contribution in [1.29, 1.82) is 0 Å². The molecular weight excluding hydrogens is 236 g/mol. The van der Waals surface area contributed by atoms with Gasteiger partial charge in [0.2, 0.25) is 10.0 Å². The van der Waals surface area contributed by atoms with E-state index in [0.29, 0.717) is 18.0 Å². The van der Waals surface area contributed by atoms with Crippen LogP contribution in [-0.2, 0) is 10.0 Å². The van der Waals surface area contributed by atoms with Gasteiger partial charge in [0, 0.05) is 18.6 Å². The third-order valence-corrected chi connectivity index (χ3v) is 4.59. The molecule has 96 valence electrons. The summed E-state index contributed by atoms with van der Waals surface area (Å²) in [4.78, 5) is 0.309. The maximum Gasteiger partial charge on any atom is 0.243 e. The molecule has 1 aromatic carbocycles. The molecule has 2 N–H and O–H groups in total. The highest BCUT2D eigenvalue weighted by molar-refractivity contribution is 7.89. The van der Waals surface area contributed by atoms with Gasteiger partial charge in [-0.1, -0.05) is 18.2 Å². The Morgan fingerprint density at radius 1 is 1.18 bits per heavy atom. The van der Waals surface area contributed by atoms with Gasteiger partial charge in [0.05, 0.1) is 4.90 Å². The number of hydrogen-bond acceptors (Lipinski definition) is 3. The Balaban J connectivity index is 3.19. The van der Waals surface area contributed by atoms with E-state index < -0.39 is 15.6 Å². The summed E-state index contributed by atoms with van der Waals surface area (Å²) < 4.78 is 26.3. The number of rotatable bonds is 4. The molecule has 0 aliphatic carbocycles. The minimum atomic E-state index is -3.47. The fraction of sp³-hybridized carbons (Fsp3) is 0.500. The van der Waals surface area contributed by atoms with Gasteiger partial charge in [-0.3, -0.25) is 0 Å². The minimum Gasteiger partial charge on any atom is -0.329 e. The van der Waals surface area contributed by atoms with Crippen LogP contribution < -0.4 is 5.73 Å². The minimum absolute atomic E-state index is 0.309. The van der Waals surface area contributed by atoms with Gasteiger partial charge in [-0.25, -0.2) is 8.42 Å². The Hall–Kier alpha value is -0.910. The summed E-state index contributed by atoms with van der Waals surface area (Å²) in [6.07, 6.45) is 0. The van der Waals surface area contributed by atoms with Gasteiger partial charge in [-0.2, -0.15) is 4.31 Å². The molecule has 17 heavy (non-hydrogen) atoms. The van der Waals surface area contributed by atoms with Gasteiger partial charge < -0.3 is 5.73 Å². The molecule has 5 heteroatoms. The Morgan fingerprint density at radius 2 is 1.71 bits per heavy atom. The summed E-state index contributed by atoms with van der Waals surface area (Å²) in [6.45, 7) is 6.22. The average molecular weight is 256 g/mol. The lowest BCUT2D eigenvalue weighted by Crippen LogP contribution is -2.47. The highest BCUT2D eigenvalue weighted by Crippen LogP contribution is 2.23. The van der Waals surface area contributed by atoms with Crippen LogP contribution in [0.1, 0.15) is 20.8 Å². The number of nitrogens with two attached hydrogens (primary N) is 1. The van der Waals surface area contributed by atoms with Gasteiger partial charge >= 0.3 is 0 Å². The first-order chi connectivity index (χ1) is 7.80. The molecule has 0 heterocycles. The van der Waals surface area contributed by atoms with Crippen molar-refractivity contribution in [2.24, 2.45) is 5.73 Å². The predicted octanol–water partition coefficient (Wildman–Crippen LogP) is 1.43. The zero-order valence-corrected chi connectivity index (χ0v) is 11.4. The summed E-state index contributed by atoms with van der Waals surface area (Å²) in [5, 5.41) is 0. The average Bonchev–Trinajstić information content (AvgIpc) is 2.25. The SMILES string of the molecule is CC(C)(C)N(CCN)S(=O)(=O)c1ccccc1. The molecule has 0 fully saturated rings. The van der Waals surface area contributed by atoms with Crippen molar-refractivity contribution in [3.05, 3.63) is 30.3 Å². The van der Waals surface area contributed by atoms with E-state index in [-0.39, 0.29) is 0 Å². The van der Waals surface area contributed by atoms with Crippen LogP contribution in [0.5, 0.6) is 0 Å². The van der Waals surface area contributed by atoms with Crippen molar-refractivity contribution < 1.29 is 8.42 Å². The van der Waals surface area contributed by atoms with Crippen molar-refractivity contribution in [3.63, 3.8) is 0 Å². The quantitative estimate of drug-likeness (QED) is 0.886. The normalized spacial score (nSPS) is 13.0. The summed E-state index contributed by atoms with van der Waals surface area (Å²) >= 11 is 0. The van der Waals surface area contributed by atoms with E-state index >= 15 is 0 Å². The van der Waals surface area contributed by atoms with E-state index in [1.807, 2.05) is 20.8 Å². The van der Waals surface area contributed by atoms with Crippen LogP contribution in [0.3, 0.4) is 0 Å². The number of sulfonamides is 1. The van der Waals surface area contributed by atoms with Crippen LogP contribution in [0.4, 0.5) is 0 Å². The molecular formula is C12H20N2O2S. The molecule has 4 nitrogen and oxygen atoms in total. The van der Waals surface area contributed by atoms with E-state index in [2.05, 4.69) is 0 Å². The summed E-state index contributed by atoms with van der Waals surface area (Å²) in [6, 6.07) is 8.44. The van der Waals surface area contributed by atoms with E-state index in [1.165, 1.54) is 4.31 Å². The fourth-order valence-corrected chi connectivity index (χ4v) is 3.48. The Labute approximate surface area is 103 Å². The van der Waals surface area contributed by atoms with Gasteiger partial charge in [0.1, 0.15) is 0 Å². The van der Waals surface area contributed by atoms with Gasteiger partial charge in [-0.15, -0.1) is 0 Å². The summed E-state index contributed by atoms with van der Waals surface area (Å²) in [5.74, 6) is 0. The second-order valence-corrected chi connectivity index (χ2v) is 6.71. The molecule has 0 spiro atoms.